The fraction of sp³-hybridized carbons (Fsp3) is 0.455. The topological polar surface area (TPSA) is 102 Å². The van der Waals surface area contributed by atoms with Gasteiger partial charge < -0.3 is 14.1 Å². The van der Waals surface area contributed by atoms with Crippen LogP contribution in [0.25, 0.3) is 22.2 Å². The number of hydrogen-bond acceptors (Lipinski definition) is 6. The molecule has 0 radical (unpaired) electrons. The minimum atomic E-state index is -3.23. The highest BCUT2D eigenvalue weighted by Gasteiger charge is 2.29. The van der Waals surface area contributed by atoms with Crippen LogP contribution in [0.2, 0.25) is 0 Å². The zero-order valence-corrected chi connectivity index (χ0v) is 18.2. The third-order valence-corrected chi connectivity index (χ3v) is 7.47. The molecule has 4 rings (SSSR count). The van der Waals surface area contributed by atoms with Crippen LogP contribution in [0.1, 0.15) is 49.1 Å². The van der Waals surface area contributed by atoms with E-state index in [9.17, 15) is 18.3 Å². The first kappa shape index (κ1) is 20.8. The van der Waals surface area contributed by atoms with Gasteiger partial charge in [-0.2, -0.15) is 0 Å². The lowest BCUT2D eigenvalue weighted by Crippen LogP contribution is -2.18. The Kier molecular flexibility index (Phi) is 5.32. The van der Waals surface area contributed by atoms with E-state index in [4.69, 9.17) is 4.42 Å². The Morgan fingerprint density at radius 2 is 2.03 bits per heavy atom. The van der Waals surface area contributed by atoms with Crippen molar-refractivity contribution in [3.05, 3.63) is 51.8 Å². The van der Waals surface area contributed by atoms with Gasteiger partial charge in [-0.25, -0.2) is 13.4 Å². The van der Waals surface area contributed by atoms with Gasteiger partial charge in [-0.1, -0.05) is 6.92 Å². The summed E-state index contributed by atoms with van der Waals surface area (Å²) >= 11 is 0. The molecule has 0 saturated heterocycles. The summed E-state index contributed by atoms with van der Waals surface area (Å²) in [6.07, 6.45) is 3.51. The largest absolute Gasteiger partial charge is 0.440 e. The summed E-state index contributed by atoms with van der Waals surface area (Å²) in [5.41, 5.74) is 3.79. The molecule has 0 amide bonds. The lowest BCUT2D eigenvalue weighted by molar-refractivity contribution is 0.180. The number of nitrogens with zero attached hydrogens (tertiary/aromatic N) is 2. The minimum absolute atomic E-state index is 0.0462. The van der Waals surface area contributed by atoms with Gasteiger partial charge in [-0.3, -0.25) is 4.79 Å². The van der Waals surface area contributed by atoms with Crippen LogP contribution in [-0.4, -0.2) is 34.9 Å². The Morgan fingerprint density at radius 1 is 1.27 bits per heavy atom. The SMILES string of the molecule is CCS(=O)(=O)Cc1cc(-c2cc(C)c(=O)n(C)c2)c2oc(C3CC[C@H](O)C3)nc2c1. The molecule has 1 unspecified atom stereocenters. The Morgan fingerprint density at radius 3 is 2.67 bits per heavy atom. The van der Waals surface area contributed by atoms with Crippen LogP contribution in [-0.2, 0) is 22.6 Å². The van der Waals surface area contributed by atoms with Crippen molar-refractivity contribution in [3.63, 3.8) is 0 Å². The Hall–Kier alpha value is -2.45. The van der Waals surface area contributed by atoms with Crippen LogP contribution in [0.3, 0.4) is 0 Å². The van der Waals surface area contributed by atoms with E-state index in [1.165, 1.54) is 4.57 Å². The highest BCUT2D eigenvalue weighted by atomic mass is 32.2. The Bertz CT molecular complexity index is 1250. The highest BCUT2D eigenvalue weighted by Crippen LogP contribution is 2.38. The van der Waals surface area contributed by atoms with Gasteiger partial charge in [-0.05, 0) is 49.9 Å². The van der Waals surface area contributed by atoms with Gasteiger partial charge in [0.25, 0.3) is 5.56 Å². The monoisotopic (exact) mass is 430 g/mol. The van der Waals surface area contributed by atoms with Crippen molar-refractivity contribution in [1.29, 1.82) is 0 Å². The van der Waals surface area contributed by atoms with Crippen LogP contribution in [0.15, 0.2) is 33.6 Å². The average Bonchev–Trinajstić information content (AvgIpc) is 3.30. The van der Waals surface area contributed by atoms with Gasteiger partial charge >= 0.3 is 0 Å². The van der Waals surface area contributed by atoms with Gasteiger partial charge in [0, 0.05) is 41.6 Å². The molecule has 1 fully saturated rings. The van der Waals surface area contributed by atoms with E-state index >= 15 is 0 Å². The van der Waals surface area contributed by atoms with E-state index in [1.807, 2.05) is 6.07 Å². The molecule has 8 heteroatoms. The third kappa shape index (κ3) is 3.94. The van der Waals surface area contributed by atoms with Crippen molar-refractivity contribution in [2.24, 2.45) is 7.05 Å². The molecule has 2 heterocycles. The predicted molar refractivity (Wildman–Crippen MR) is 115 cm³/mol. The molecular weight excluding hydrogens is 404 g/mol. The van der Waals surface area contributed by atoms with Crippen molar-refractivity contribution in [2.75, 3.05) is 5.75 Å². The first-order valence-electron chi connectivity index (χ1n) is 10.2. The summed E-state index contributed by atoms with van der Waals surface area (Å²) in [6, 6.07) is 5.36. The minimum Gasteiger partial charge on any atom is -0.440 e. The number of benzene rings is 1. The fourth-order valence-corrected chi connectivity index (χ4v) is 5.02. The first-order valence-corrected chi connectivity index (χ1v) is 12.0. The quantitative estimate of drug-likeness (QED) is 0.667. The smallest absolute Gasteiger partial charge is 0.253 e. The maximum atomic E-state index is 12.2. The number of rotatable bonds is 5. The van der Waals surface area contributed by atoms with Crippen molar-refractivity contribution in [2.45, 2.75) is 50.9 Å². The van der Waals surface area contributed by atoms with Crippen molar-refractivity contribution >= 4 is 20.9 Å². The lowest BCUT2D eigenvalue weighted by atomic mass is 10.0. The second-order valence-electron chi connectivity index (χ2n) is 8.21. The molecule has 160 valence electrons. The summed E-state index contributed by atoms with van der Waals surface area (Å²) < 4.78 is 32.1. The second kappa shape index (κ2) is 7.67. The van der Waals surface area contributed by atoms with Gasteiger partial charge in [0.1, 0.15) is 5.52 Å². The second-order valence-corrected chi connectivity index (χ2v) is 10.6. The van der Waals surface area contributed by atoms with Gasteiger partial charge in [0.05, 0.1) is 11.9 Å². The van der Waals surface area contributed by atoms with Crippen LogP contribution in [0.5, 0.6) is 0 Å². The standard InChI is InChI=1S/C22H26N2O5S/c1-4-30(27,28)12-14-8-18(16-7-13(2)22(26)24(3)11-16)20-19(9-14)23-21(29-20)15-5-6-17(25)10-15/h7-9,11,15,17,25H,4-6,10,12H2,1-3H3/t15?,17-/m0/s1. The molecule has 1 aliphatic rings. The number of sulfone groups is 1. The molecule has 30 heavy (non-hydrogen) atoms. The van der Waals surface area contributed by atoms with E-state index < -0.39 is 9.84 Å². The van der Waals surface area contributed by atoms with Crippen LogP contribution in [0.4, 0.5) is 0 Å². The molecule has 3 aromatic rings. The van der Waals surface area contributed by atoms with Crippen molar-refractivity contribution in [3.8, 4) is 11.1 Å². The van der Waals surface area contributed by atoms with Gasteiger partial charge in [-0.15, -0.1) is 0 Å². The van der Waals surface area contributed by atoms with E-state index in [-0.39, 0.29) is 29.1 Å². The van der Waals surface area contributed by atoms with E-state index in [2.05, 4.69) is 4.98 Å². The Labute approximate surface area is 175 Å². The maximum absolute atomic E-state index is 12.2. The number of hydrogen-bond donors (Lipinski definition) is 1. The van der Waals surface area contributed by atoms with Gasteiger partial charge in [0.15, 0.2) is 21.3 Å². The normalized spacial score (nSPS) is 19.6. The third-order valence-electron chi connectivity index (χ3n) is 5.82. The number of aromatic nitrogens is 2. The summed E-state index contributed by atoms with van der Waals surface area (Å²) in [4.78, 5) is 16.8. The fourth-order valence-electron chi connectivity index (χ4n) is 4.14. The molecular formula is C22H26N2O5S. The van der Waals surface area contributed by atoms with Crippen LogP contribution in [0, 0.1) is 6.92 Å². The molecule has 2 aromatic heterocycles. The van der Waals surface area contributed by atoms with E-state index in [0.717, 1.165) is 18.4 Å². The lowest BCUT2D eigenvalue weighted by Gasteiger charge is -2.09. The molecule has 2 atom stereocenters. The van der Waals surface area contributed by atoms with Crippen LogP contribution < -0.4 is 5.56 Å². The van der Waals surface area contributed by atoms with E-state index in [0.29, 0.717) is 40.1 Å². The predicted octanol–water partition coefficient (Wildman–Crippen LogP) is 3.07. The number of pyridine rings is 1. The molecule has 1 aromatic carbocycles. The molecule has 0 spiro atoms. The van der Waals surface area contributed by atoms with Crippen LogP contribution >= 0.6 is 0 Å². The number of fused-ring (bicyclic) bond motifs is 1. The summed E-state index contributed by atoms with van der Waals surface area (Å²) in [5, 5.41) is 9.89. The van der Waals surface area contributed by atoms with Gasteiger partial charge in [0.2, 0.25) is 0 Å². The summed E-state index contributed by atoms with van der Waals surface area (Å²) in [5.74, 6) is 0.593. The number of oxazole rings is 1. The van der Waals surface area contributed by atoms with Crippen molar-refractivity contribution in [1.82, 2.24) is 9.55 Å². The summed E-state index contributed by atoms with van der Waals surface area (Å²) in [6.45, 7) is 3.38. The summed E-state index contributed by atoms with van der Waals surface area (Å²) in [7, 11) is -1.54. The number of aryl methyl sites for hydroxylation is 2. The van der Waals surface area contributed by atoms with Crippen molar-refractivity contribution < 1.29 is 17.9 Å². The highest BCUT2D eigenvalue weighted by molar-refractivity contribution is 7.90. The molecule has 1 saturated carbocycles. The van der Waals surface area contributed by atoms with E-state index in [1.54, 1.807) is 39.2 Å². The molecule has 1 N–H and O–H groups in total. The molecule has 7 nitrogen and oxygen atoms in total. The molecule has 0 bridgehead atoms. The first-order chi connectivity index (χ1) is 14.2. The average molecular weight is 431 g/mol. The number of aliphatic hydroxyl groups is 1. The zero-order valence-electron chi connectivity index (χ0n) is 17.4. The zero-order chi connectivity index (χ0) is 21.6. The number of aliphatic hydroxyl groups excluding tert-OH is 1. The molecule has 1 aliphatic carbocycles. The Balaban J connectivity index is 1.91. The maximum Gasteiger partial charge on any atom is 0.253 e. The molecule has 0 aliphatic heterocycles.